The first-order valence-electron chi connectivity index (χ1n) is 13.1. The summed E-state index contributed by atoms with van der Waals surface area (Å²) in [5.41, 5.74) is 4.63. The lowest BCUT2D eigenvalue weighted by Gasteiger charge is -2.25. The van der Waals surface area contributed by atoms with Gasteiger partial charge in [0.15, 0.2) is 4.80 Å². The van der Waals surface area contributed by atoms with E-state index in [2.05, 4.69) is 20.9 Å². The first kappa shape index (κ1) is 29.3. The smallest absolute Gasteiger partial charge is 0.338 e. The normalized spacial score (nSPS) is 14.9. The number of hydrogen-bond acceptors (Lipinski definition) is 7. The van der Waals surface area contributed by atoms with Gasteiger partial charge in [0.1, 0.15) is 5.75 Å². The van der Waals surface area contributed by atoms with Gasteiger partial charge in [-0.2, -0.15) is 0 Å². The predicted molar refractivity (Wildman–Crippen MR) is 163 cm³/mol. The number of carbonyl (C=O) groups excluding carboxylic acids is 1. The minimum atomic E-state index is -1.00. The summed E-state index contributed by atoms with van der Waals surface area (Å²) >= 11 is 4.77. The number of fused-ring (bicyclic) bond motifs is 1. The van der Waals surface area contributed by atoms with Gasteiger partial charge in [0.25, 0.3) is 5.56 Å². The molecular formula is C31H28BrN3O6S. The van der Waals surface area contributed by atoms with Crippen LogP contribution in [0.1, 0.15) is 52.8 Å². The molecule has 0 amide bonds. The van der Waals surface area contributed by atoms with Gasteiger partial charge >= 0.3 is 11.9 Å². The van der Waals surface area contributed by atoms with Crippen LogP contribution >= 0.6 is 27.3 Å². The van der Waals surface area contributed by atoms with E-state index in [9.17, 15) is 19.5 Å². The third-order valence-electron chi connectivity index (χ3n) is 7.12. The number of carboxylic acid groups (broad SMARTS) is 1. The summed E-state index contributed by atoms with van der Waals surface area (Å²) in [7, 11) is 1.57. The molecule has 42 heavy (non-hydrogen) atoms. The lowest BCUT2D eigenvalue weighted by atomic mass is 9.96. The number of aromatic carboxylic acids is 1. The van der Waals surface area contributed by atoms with Crippen molar-refractivity contribution >= 4 is 45.3 Å². The Morgan fingerprint density at radius 3 is 2.57 bits per heavy atom. The van der Waals surface area contributed by atoms with Gasteiger partial charge in [0, 0.05) is 17.1 Å². The molecule has 0 spiro atoms. The molecule has 3 heterocycles. The molecule has 0 fully saturated rings. The van der Waals surface area contributed by atoms with Gasteiger partial charge in [-0.3, -0.25) is 9.36 Å². The van der Waals surface area contributed by atoms with Crippen LogP contribution in [0, 0.1) is 13.8 Å². The lowest BCUT2D eigenvalue weighted by molar-refractivity contribution is -0.139. The van der Waals surface area contributed by atoms with Crippen molar-refractivity contribution in [2.45, 2.75) is 33.7 Å². The predicted octanol–water partition coefficient (Wildman–Crippen LogP) is 4.68. The first-order valence-corrected chi connectivity index (χ1v) is 14.7. The fourth-order valence-electron chi connectivity index (χ4n) is 5.21. The second kappa shape index (κ2) is 11.6. The van der Waals surface area contributed by atoms with Crippen molar-refractivity contribution in [2.75, 3.05) is 13.7 Å². The molecule has 1 atom stereocenters. The molecule has 5 rings (SSSR count). The van der Waals surface area contributed by atoms with Gasteiger partial charge in [0.05, 0.1) is 45.6 Å². The van der Waals surface area contributed by atoms with E-state index in [1.165, 1.54) is 11.3 Å². The zero-order chi connectivity index (χ0) is 30.3. The number of carbonyl (C=O) groups is 2. The molecule has 0 aliphatic carbocycles. The standard InChI is InChI=1S/C31H28BrN3O6S/c1-6-41-30(39)26-17(3)33-31-35(27(26)19-10-11-24(40-5)23(32)14-19)28(36)25(42-31)15-21-12-16(2)34(18(21)4)22-9-7-8-20(13-22)29(37)38/h7-15,27H,6H2,1-5H3,(H,37,38)/b25-15-/t27-/m1/s1. The molecule has 0 saturated carbocycles. The maximum Gasteiger partial charge on any atom is 0.338 e. The van der Waals surface area contributed by atoms with E-state index in [0.717, 1.165) is 17.0 Å². The van der Waals surface area contributed by atoms with Crippen LogP contribution in [0.15, 0.2) is 74.1 Å². The molecule has 2 aromatic carbocycles. The zero-order valence-electron chi connectivity index (χ0n) is 23.6. The zero-order valence-corrected chi connectivity index (χ0v) is 26.0. The number of rotatable bonds is 7. The summed E-state index contributed by atoms with van der Waals surface area (Å²) < 4.78 is 15.4. The van der Waals surface area contributed by atoms with Crippen LogP contribution in [-0.4, -0.2) is 39.9 Å². The summed E-state index contributed by atoms with van der Waals surface area (Å²) in [6.07, 6.45) is 1.81. The Hall–Kier alpha value is -4.22. The number of nitrogens with zero attached hydrogens (tertiary/aromatic N) is 3. The number of halogens is 1. The molecule has 0 unspecified atom stereocenters. The fraction of sp³-hybridized carbons (Fsp3) is 0.226. The Labute approximate surface area is 253 Å². The van der Waals surface area contributed by atoms with Crippen molar-refractivity contribution in [3.63, 3.8) is 0 Å². The molecular weight excluding hydrogens is 622 g/mol. The van der Waals surface area contributed by atoms with Gasteiger partial charge in [-0.1, -0.05) is 23.5 Å². The second-order valence-electron chi connectivity index (χ2n) is 9.71. The van der Waals surface area contributed by atoms with E-state index in [-0.39, 0.29) is 17.7 Å². The maximum atomic E-state index is 14.0. The number of hydrogen-bond donors (Lipinski definition) is 1. The Morgan fingerprint density at radius 2 is 1.90 bits per heavy atom. The van der Waals surface area contributed by atoms with Gasteiger partial charge in [0.2, 0.25) is 0 Å². The van der Waals surface area contributed by atoms with E-state index >= 15 is 0 Å². The topological polar surface area (TPSA) is 112 Å². The average Bonchev–Trinajstić information content (AvgIpc) is 3.41. The van der Waals surface area contributed by atoms with Crippen molar-refractivity contribution in [3.8, 4) is 11.4 Å². The van der Waals surface area contributed by atoms with Crippen LogP contribution in [0.25, 0.3) is 11.8 Å². The molecule has 2 aromatic heterocycles. The van der Waals surface area contributed by atoms with Crippen LogP contribution in [0.2, 0.25) is 0 Å². The van der Waals surface area contributed by atoms with Crippen molar-refractivity contribution in [2.24, 2.45) is 4.99 Å². The van der Waals surface area contributed by atoms with Crippen molar-refractivity contribution in [1.29, 1.82) is 0 Å². The first-order chi connectivity index (χ1) is 20.0. The van der Waals surface area contributed by atoms with E-state index in [4.69, 9.17) is 9.47 Å². The molecule has 0 saturated heterocycles. The van der Waals surface area contributed by atoms with Crippen LogP contribution in [-0.2, 0) is 9.53 Å². The van der Waals surface area contributed by atoms with Crippen molar-refractivity contribution in [1.82, 2.24) is 9.13 Å². The van der Waals surface area contributed by atoms with Gasteiger partial charge in [-0.25, -0.2) is 14.6 Å². The second-order valence-corrected chi connectivity index (χ2v) is 11.6. The highest BCUT2D eigenvalue weighted by Crippen LogP contribution is 2.35. The summed E-state index contributed by atoms with van der Waals surface area (Å²) in [6.45, 7) is 7.51. The van der Waals surface area contributed by atoms with Crippen LogP contribution in [0.4, 0.5) is 0 Å². The molecule has 9 nitrogen and oxygen atoms in total. The Kier molecular flexibility index (Phi) is 8.07. The van der Waals surface area contributed by atoms with Crippen molar-refractivity contribution in [3.05, 3.63) is 112 Å². The molecule has 0 bridgehead atoms. The highest BCUT2D eigenvalue weighted by Gasteiger charge is 2.33. The van der Waals surface area contributed by atoms with E-state index < -0.39 is 18.0 Å². The number of carboxylic acids is 1. The highest BCUT2D eigenvalue weighted by atomic mass is 79.9. The Morgan fingerprint density at radius 1 is 1.14 bits per heavy atom. The number of aromatic nitrogens is 2. The number of thiazole rings is 1. The average molecular weight is 651 g/mol. The maximum absolute atomic E-state index is 14.0. The minimum absolute atomic E-state index is 0.185. The molecule has 0 radical (unpaired) electrons. The molecule has 1 aliphatic rings. The fourth-order valence-corrected chi connectivity index (χ4v) is 6.81. The van der Waals surface area contributed by atoms with E-state index in [0.29, 0.717) is 42.1 Å². The number of benzene rings is 2. The summed E-state index contributed by atoms with van der Waals surface area (Å²) in [6, 6.07) is 13.3. The lowest BCUT2D eigenvalue weighted by Crippen LogP contribution is -2.40. The SMILES string of the molecule is CCOC(=O)C1=C(C)N=c2s/c(=C\c3cc(C)n(-c4cccc(C(=O)O)c4)c3C)c(=O)n2[C@@H]1c1ccc(OC)c(Br)c1. The number of esters is 1. The monoisotopic (exact) mass is 649 g/mol. The molecule has 4 aromatic rings. The number of methoxy groups -OCH3 is 1. The van der Waals surface area contributed by atoms with E-state index in [1.54, 1.807) is 49.8 Å². The van der Waals surface area contributed by atoms with Crippen molar-refractivity contribution < 1.29 is 24.2 Å². The third kappa shape index (κ3) is 5.14. The molecule has 216 valence electrons. The summed E-state index contributed by atoms with van der Waals surface area (Å²) in [5.74, 6) is -0.914. The minimum Gasteiger partial charge on any atom is -0.496 e. The molecule has 1 aliphatic heterocycles. The Balaban J connectivity index is 1.69. The van der Waals surface area contributed by atoms with Crippen LogP contribution in [0.5, 0.6) is 5.75 Å². The summed E-state index contributed by atoms with van der Waals surface area (Å²) in [4.78, 5) is 43.9. The molecule has 1 N–H and O–H groups in total. The third-order valence-corrected chi connectivity index (χ3v) is 8.72. The van der Waals surface area contributed by atoms with Gasteiger partial charge in [-0.15, -0.1) is 0 Å². The van der Waals surface area contributed by atoms with Crippen LogP contribution in [0.3, 0.4) is 0 Å². The summed E-state index contributed by atoms with van der Waals surface area (Å²) in [5, 5.41) is 9.45. The number of ether oxygens (including phenoxy) is 2. The largest absolute Gasteiger partial charge is 0.496 e. The number of allylic oxidation sites excluding steroid dienone is 1. The quantitative estimate of drug-likeness (QED) is 0.291. The highest BCUT2D eigenvalue weighted by molar-refractivity contribution is 9.10. The Bertz CT molecular complexity index is 1970. The number of aryl methyl sites for hydroxylation is 1. The van der Waals surface area contributed by atoms with Crippen LogP contribution < -0.4 is 19.6 Å². The molecule has 11 heteroatoms. The van der Waals surface area contributed by atoms with E-state index in [1.807, 2.05) is 48.8 Å². The van der Waals surface area contributed by atoms with Gasteiger partial charge in [-0.05, 0) is 97.2 Å². The van der Waals surface area contributed by atoms with Gasteiger partial charge < -0.3 is 19.1 Å².